The third-order valence-electron chi connectivity index (χ3n) is 6.47. The average Bonchev–Trinajstić information content (AvgIpc) is 3.13. The number of carbonyl (C=O) groups excluding carboxylic acids is 3. The molecule has 1 aromatic carbocycles. The number of hydrogen-bond acceptors (Lipinski definition) is 7. The van der Waals surface area contributed by atoms with Gasteiger partial charge in [0.25, 0.3) is 5.91 Å². The zero-order valence-corrected chi connectivity index (χ0v) is 20.6. The molecule has 37 heavy (non-hydrogen) atoms. The molecule has 0 bridgehead atoms. The molecule has 3 aromatic rings. The lowest BCUT2D eigenvalue weighted by molar-refractivity contribution is -0.161. The van der Waals surface area contributed by atoms with Gasteiger partial charge in [-0.15, -0.1) is 11.8 Å². The maximum atomic E-state index is 13.4. The van der Waals surface area contributed by atoms with Crippen LogP contribution in [0.3, 0.4) is 0 Å². The minimum atomic E-state index is -1.18. The van der Waals surface area contributed by atoms with Crippen LogP contribution >= 0.6 is 11.8 Å². The van der Waals surface area contributed by atoms with Gasteiger partial charge in [-0.25, -0.2) is 4.79 Å². The number of carboxylic acids is 1. The molecule has 2 fully saturated rings. The lowest BCUT2D eigenvalue weighted by atomic mass is 9.95. The molecule has 4 heterocycles. The van der Waals surface area contributed by atoms with Crippen molar-refractivity contribution in [1.82, 2.24) is 25.5 Å². The molecule has 2 saturated heterocycles. The first kappa shape index (κ1) is 24.5. The second-order valence-corrected chi connectivity index (χ2v) is 11.1. The Labute approximate surface area is 214 Å². The Bertz CT molecular complexity index is 1490. The summed E-state index contributed by atoms with van der Waals surface area (Å²) in [5.74, 6) is -2.93. The van der Waals surface area contributed by atoms with Crippen LogP contribution in [0.4, 0.5) is 0 Å². The lowest BCUT2D eigenvalue weighted by Crippen LogP contribution is -2.71. The normalized spacial score (nSPS) is 22.6. The topological polar surface area (TPSA) is 162 Å². The molecule has 2 aliphatic heterocycles. The third kappa shape index (κ3) is 4.22. The number of nitrogens with one attached hydrogen (secondary N) is 3. The number of aromatic amines is 1. The van der Waals surface area contributed by atoms with E-state index in [0.717, 1.165) is 6.07 Å². The van der Waals surface area contributed by atoms with Gasteiger partial charge in [-0.05, 0) is 31.5 Å². The summed E-state index contributed by atoms with van der Waals surface area (Å²) in [6, 6.07) is 9.69. The molecule has 3 amide bonds. The van der Waals surface area contributed by atoms with Gasteiger partial charge in [0.2, 0.25) is 17.2 Å². The first-order valence-electron chi connectivity index (χ1n) is 11.5. The number of carbonyl (C=O) groups is 4. The van der Waals surface area contributed by atoms with Crippen LogP contribution in [-0.2, 0) is 14.4 Å². The first-order valence-corrected chi connectivity index (χ1v) is 12.3. The van der Waals surface area contributed by atoms with Crippen molar-refractivity contribution < 1.29 is 24.3 Å². The highest BCUT2D eigenvalue weighted by atomic mass is 32.2. The molecule has 2 aliphatic rings. The first-order chi connectivity index (χ1) is 17.6. The standard InChI is InChI=1S/C25H23N5O6S/c1-25(2)19(24(35)36)30-22(34)18(23(30)37-25)29-21(33)16(12-7-4-3-5-8-12)28-20(32)14-11-15(31)17-13(27-14)9-6-10-26-17/h3-11,16,18-19,23H,1-2H3,(H,27,31)(H,28,32)(H,29,33)(H,35,36)/t16-,18-,19+,23-/m1/s1. The highest BCUT2D eigenvalue weighted by molar-refractivity contribution is 8.01. The largest absolute Gasteiger partial charge is 0.480 e. The molecule has 0 saturated carbocycles. The maximum Gasteiger partial charge on any atom is 0.327 e. The fraction of sp³-hybridized carbons (Fsp3) is 0.280. The average molecular weight is 522 g/mol. The number of hydrogen-bond donors (Lipinski definition) is 4. The Kier molecular flexibility index (Phi) is 5.98. The Hall–Kier alpha value is -4.19. The molecule has 0 aliphatic carbocycles. The Morgan fingerprint density at radius 3 is 2.57 bits per heavy atom. The van der Waals surface area contributed by atoms with Crippen LogP contribution < -0.4 is 16.1 Å². The fourth-order valence-corrected chi connectivity index (χ4v) is 6.37. The van der Waals surface area contributed by atoms with Crippen LogP contribution in [0, 0.1) is 0 Å². The van der Waals surface area contributed by atoms with E-state index in [1.54, 1.807) is 56.3 Å². The number of thioether (sulfide) groups is 1. The van der Waals surface area contributed by atoms with Gasteiger partial charge >= 0.3 is 5.97 Å². The second kappa shape index (κ2) is 9.04. The van der Waals surface area contributed by atoms with E-state index >= 15 is 0 Å². The van der Waals surface area contributed by atoms with Gasteiger partial charge in [0.05, 0.1) is 5.52 Å². The van der Waals surface area contributed by atoms with E-state index in [-0.39, 0.29) is 11.2 Å². The summed E-state index contributed by atoms with van der Waals surface area (Å²) >= 11 is 1.31. The summed E-state index contributed by atoms with van der Waals surface area (Å²) < 4.78 is -0.741. The Morgan fingerprint density at radius 1 is 1.14 bits per heavy atom. The van der Waals surface area contributed by atoms with Gasteiger partial charge in [-0.3, -0.25) is 24.2 Å². The van der Waals surface area contributed by atoms with E-state index < -0.39 is 57.4 Å². The molecule has 11 nitrogen and oxygen atoms in total. The molecule has 4 N–H and O–H groups in total. The number of rotatable bonds is 6. The van der Waals surface area contributed by atoms with Crippen molar-refractivity contribution in [3.8, 4) is 0 Å². The smallest absolute Gasteiger partial charge is 0.327 e. The molecule has 0 spiro atoms. The number of aliphatic carboxylic acids is 1. The van der Waals surface area contributed by atoms with Crippen molar-refractivity contribution in [3.63, 3.8) is 0 Å². The predicted octanol–water partition coefficient (Wildman–Crippen LogP) is 1.03. The second-order valence-electron chi connectivity index (χ2n) is 9.35. The molecule has 4 atom stereocenters. The minimum Gasteiger partial charge on any atom is -0.480 e. The number of benzene rings is 1. The zero-order chi connectivity index (χ0) is 26.5. The van der Waals surface area contributed by atoms with Crippen molar-refractivity contribution in [3.05, 3.63) is 76.2 Å². The van der Waals surface area contributed by atoms with Crippen molar-refractivity contribution in [1.29, 1.82) is 0 Å². The molecule has 2 aromatic heterocycles. The number of H-pyrrole nitrogens is 1. The van der Waals surface area contributed by atoms with Crippen LogP contribution in [-0.4, -0.2) is 65.9 Å². The van der Waals surface area contributed by atoms with E-state index in [1.807, 2.05) is 0 Å². The number of amides is 3. The molecular formula is C25H23N5O6S. The SMILES string of the molecule is CC1(C)S[C@@H]2[C@H](NC(=O)[C@H](NC(=O)c3cc(=O)c4ncccc4[nH]3)c3ccccc3)C(=O)N2[C@H]1C(=O)O. The van der Waals surface area contributed by atoms with E-state index in [0.29, 0.717) is 11.1 Å². The summed E-state index contributed by atoms with van der Waals surface area (Å²) in [5.41, 5.74) is 0.511. The number of fused-ring (bicyclic) bond motifs is 2. The van der Waals surface area contributed by atoms with E-state index in [2.05, 4.69) is 20.6 Å². The summed E-state index contributed by atoms with van der Waals surface area (Å²) in [4.78, 5) is 71.7. The van der Waals surface area contributed by atoms with Crippen molar-refractivity contribution in [2.45, 2.75) is 42.1 Å². The monoisotopic (exact) mass is 521 g/mol. The van der Waals surface area contributed by atoms with Crippen molar-refractivity contribution >= 4 is 46.5 Å². The maximum absolute atomic E-state index is 13.4. The van der Waals surface area contributed by atoms with E-state index in [4.69, 9.17) is 0 Å². The van der Waals surface area contributed by atoms with E-state index in [1.165, 1.54) is 22.9 Å². The van der Waals surface area contributed by atoms with Crippen LogP contribution in [0.2, 0.25) is 0 Å². The molecular weight excluding hydrogens is 498 g/mol. The van der Waals surface area contributed by atoms with Gasteiger partial charge < -0.3 is 25.6 Å². The molecule has 0 radical (unpaired) electrons. The Morgan fingerprint density at radius 2 is 1.86 bits per heavy atom. The number of carboxylic acid groups (broad SMARTS) is 1. The van der Waals surface area contributed by atoms with Crippen molar-refractivity contribution in [2.24, 2.45) is 0 Å². The zero-order valence-electron chi connectivity index (χ0n) is 19.8. The summed E-state index contributed by atoms with van der Waals surface area (Å²) in [5, 5.41) is 14.4. The van der Waals surface area contributed by atoms with Crippen molar-refractivity contribution in [2.75, 3.05) is 0 Å². The van der Waals surface area contributed by atoms with Crippen LogP contribution in [0.25, 0.3) is 11.0 Å². The van der Waals surface area contributed by atoms with Crippen LogP contribution in [0.15, 0.2) is 59.5 Å². The molecule has 190 valence electrons. The molecule has 0 unspecified atom stereocenters. The summed E-state index contributed by atoms with van der Waals surface area (Å²) in [6.45, 7) is 3.49. The quantitative estimate of drug-likeness (QED) is 0.350. The van der Waals surface area contributed by atoms with Crippen LogP contribution in [0.1, 0.15) is 35.9 Å². The van der Waals surface area contributed by atoms with Gasteiger partial charge in [0, 0.05) is 17.0 Å². The summed E-state index contributed by atoms with van der Waals surface area (Å²) in [7, 11) is 0. The van der Waals surface area contributed by atoms with Gasteiger partial charge in [-0.2, -0.15) is 0 Å². The Balaban J connectivity index is 1.39. The molecule has 5 rings (SSSR count). The number of nitrogens with zero attached hydrogens (tertiary/aromatic N) is 2. The highest BCUT2D eigenvalue weighted by Crippen LogP contribution is 2.50. The number of β-lactam (4-membered cyclic amide) rings is 1. The minimum absolute atomic E-state index is 0.0532. The number of pyridine rings is 2. The van der Waals surface area contributed by atoms with Gasteiger partial charge in [0.1, 0.15) is 34.7 Å². The highest BCUT2D eigenvalue weighted by Gasteiger charge is 2.64. The fourth-order valence-electron chi connectivity index (χ4n) is 4.74. The number of aromatic nitrogens is 2. The summed E-state index contributed by atoms with van der Waals surface area (Å²) in [6.07, 6.45) is 1.47. The van der Waals surface area contributed by atoms with Gasteiger partial charge in [-0.1, -0.05) is 30.3 Å². The van der Waals surface area contributed by atoms with Gasteiger partial charge in [0.15, 0.2) is 0 Å². The lowest BCUT2D eigenvalue weighted by Gasteiger charge is -2.44. The van der Waals surface area contributed by atoms with Crippen LogP contribution in [0.5, 0.6) is 0 Å². The predicted molar refractivity (Wildman–Crippen MR) is 135 cm³/mol. The third-order valence-corrected chi connectivity index (χ3v) is 8.05. The van der Waals surface area contributed by atoms with E-state index in [9.17, 15) is 29.1 Å². The molecule has 12 heteroatoms.